The van der Waals surface area contributed by atoms with Crippen LogP contribution in [0.4, 0.5) is 0 Å². The Bertz CT molecular complexity index is 324. The molecule has 15 heavy (non-hydrogen) atoms. The molecule has 3 heteroatoms. The van der Waals surface area contributed by atoms with Gasteiger partial charge in [-0.15, -0.1) is 0 Å². The molecule has 2 fully saturated rings. The van der Waals surface area contributed by atoms with Crippen LogP contribution in [0.5, 0.6) is 0 Å². The van der Waals surface area contributed by atoms with E-state index in [0.29, 0.717) is 18.1 Å². The number of thiophene rings is 1. The summed E-state index contributed by atoms with van der Waals surface area (Å²) >= 11 is 1.75. The predicted molar refractivity (Wildman–Crippen MR) is 62.0 cm³/mol. The van der Waals surface area contributed by atoms with Crippen LogP contribution in [0.15, 0.2) is 16.8 Å². The fraction of sp³-hybridized carbons (Fsp3) is 0.667. The molecule has 1 aromatic rings. The van der Waals surface area contributed by atoms with Crippen LogP contribution in [0.1, 0.15) is 24.8 Å². The number of nitrogens with two attached hydrogens (primary N) is 1. The third kappa shape index (κ3) is 1.84. The van der Waals surface area contributed by atoms with E-state index in [0.717, 1.165) is 6.42 Å². The van der Waals surface area contributed by atoms with Crippen LogP contribution in [0, 0.1) is 5.92 Å². The average Bonchev–Trinajstić information content (AvgIpc) is 2.93. The second-order valence-electron chi connectivity index (χ2n) is 4.77. The van der Waals surface area contributed by atoms with Crippen molar-refractivity contribution >= 4 is 11.3 Å². The Morgan fingerprint density at radius 2 is 2.47 bits per heavy atom. The van der Waals surface area contributed by atoms with Crippen LogP contribution in [0.3, 0.4) is 0 Å². The third-order valence-corrected chi connectivity index (χ3v) is 4.49. The van der Waals surface area contributed by atoms with Gasteiger partial charge in [0.05, 0.1) is 12.2 Å². The van der Waals surface area contributed by atoms with Gasteiger partial charge < -0.3 is 10.5 Å². The van der Waals surface area contributed by atoms with Gasteiger partial charge in [-0.1, -0.05) is 0 Å². The molecule has 4 atom stereocenters. The van der Waals surface area contributed by atoms with Crippen molar-refractivity contribution in [1.29, 1.82) is 0 Å². The van der Waals surface area contributed by atoms with Gasteiger partial charge in [0.25, 0.3) is 0 Å². The van der Waals surface area contributed by atoms with Crippen molar-refractivity contribution in [2.45, 2.75) is 43.9 Å². The first kappa shape index (κ1) is 9.82. The van der Waals surface area contributed by atoms with E-state index in [1.165, 1.54) is 24.8 Å². The maximum Gasteiger partial charge on any atom is 0.0623 e. The molecule has 0 radical (unpaired) electrons. The molecule has 2 aliphatic heterocycles. The van der Waals surface area contributed by atoms with Gasteiger partial charge in [-0.25, -0.2) is 0 Å². The minimum absolute atomic E-state index is 0.287. The lowest BCUT2D eigenvalue weighted by molar-refractivity contribution is 0.0885. The molecule has 0 amide bonds. The van der Waals surface area contributed by atoms with E-state index in [1.54, 1.807) is 11.3 Å². The minimum Gasteiger partial charge on any atom is -0.375 e. The number of fused-ring (bicyclic) bond motifs is 2. The third-order valence-electron chi connectivity index (χ3n) is 3.75. The molecule has 2 bridgehead atoms. The maximum atomic E-state index is 6.28. The van der Waals surface area contributed by atoms with Crippen molar-refractivity contribution in [1.82, 2.24) is 0 Å². The highest BCUT2D eigenvalue weighted by Gasteiger charge is 2.43. The first-order chi connectivity index (χ1) is 7.33. The van der Waals surface area contributed by atoms with Crippen molar-refractivity contribution in [3.8, 4) is 0 Å². The van der Waals surface area contributed by atoms with Crippen LogP contribution in [-0.2, 0) is 11.2 Å². The Morgan fingerprint density at radius 1 is 1.53 bits per heavy atom. The van der Waals surface area contributed by atoms with Gasteiger partial charge in [0.15, 0.2) is 0 Å². The maximum absolute atomic E-state index is 6.28. The van der Waals surface area contributed by atoms with E-state index >= 15 is 0 Å². The number of ether oxygens (including phenoxy) is 1. The lowest BCUT2D eigenvalue weighted by Gasteiger charge is -2.24. The topological polar surface area (TPSA) is 35.2 Å². The molecule has 0 saturated carbocycles. The van der Waals surface area contributed by atoms with Gasteiger partial charge in [-0.05, 0) is 48.1 Å². The summed E-state index contributed by atoms with van der Waals surface area (Å²) in [5, 5.41) is 4.33. The average molecular weight is 223 g/mol. The number of rotatable bonds is 3. The highest BCUT2D eigenvalue weighted by molar-refractivity contribution is 7.07. The highest BCUT2D eigenvalue weighted by atomic mass is 32.1. The van der Waals surface area contributed by atoms with Crippen LogP contribution < -0.4 is 5.73 Å². The molecular formula is C12H17NOS. The summed E-state index contributed by atoms with van der Waals surface area (Å²) in [7, 11) is 0. The smallest absolute Gasteiger partial charge is 0.0623 e. The van der Waals surface area contributed by atoms with Crippen LogP contribution in [0.25, 0.3) is 0 Å². The fourth-order valence-corrected chi connectivity index (χ4v) is 3.64. The molecule has 0 aromatic carbocycles. The van der Waals surface area contributed by atoms with E-state index in [1.807, 2.05) is 0 Å². The Morgan fingerprint density at radius 3 is 3.07 bits per heavy atom. The molecule has 82 valence electrons. The van der Waals surface area contributed by atoms with Crippen molar-refractivity contribution in [3.63, 3.8) is 0 Å². The zero-order valence-electron chi connectivity index (χ0n) is 8.76. The van der Waals surface area contributed by atoms with E-state index < -0.39 is 0 Å². The van der Waals surface area contributed by atoms with Crippen LogP contribution >= 0.6 is 11.3 Å². The van der Waals surface area contributed by atoms with Crippen molar-refractivity contribution in [2.24, 2.45) is 11.7 Å². The molecule has 2 nitrogen and oxygen atoms in total. The standard InChI is InChI=1S/C12H17NOS/c13-11(5-8-3-4-15-7-8)10-6-9-1-2-12(10)14-9/h3-4,7,9-12H,1-2,5-6,13H2. The number of hydrogen-bond acceptors (Lipinski definition) is 3. The molecule has 0 spiro atoms. The second kappa shape index (κ2) is 3.89. The Balaban J connectivity index is 1.63. The van der Waals surface area contributed by atoms with Gasteiger partial charge in [0, 0.05) is 12.0 Å². The SMILES string of the molecule is NC(Cc1ccsc1)C1CC2CCC1O2. The fourth-order valence-electron chi connectivity index (χ4n) is 2.96. The molecule has 4 unspecified atom stereocenters. The van der Waals surface area contributed by atoms with Gasteiger partial charge in [-0.2, -0.15) is 11.3 Å². The monoisotopic (exact) mass is 223 g/mol. The van der Waals surface area contributed by atoms with E-state index in [-0.39, 0.29) is 6.04 Å². The highest BCUT2D eigenvalue weighted by Crippen LogP contribution is 2.40. The van der Waals surface area contributed by atoms with Gasteiger partial charge in [-0.3, -0.25) is 0 Å². The quantitative estimate of drug-likeness (QED) is 0.852. The molecule has 3 rings (SSSR count). The van der Waals surface area contributed by atoms with Gasteiger partial charge in [0.2, 0.25) is 0 Å². The van der Waals surface area contributed by atoms with E-state index in [9.17, 15) is 0 Å². The molecule has 0 aliphatic carbocycles. The van der Waals surface area contributed by atoms with Crippen molar-refractivity contribution in [3.05, 3.63) is 22.4 Å². The zero-order chi connectivity index (χ0) is 10.3. The molecule has 2 N–H and O–H groups in total. The lowest BCUT2D eigenvalue weighted by atomic mass is 9.82. The summed E-state index contributed by atoms with van der Waals surface area (Å²) in [6, 6.07) is 2.47. The zero-order valence-corrected chi connectivity index (χ0v) is 9.58. The number of hydrogen-bond donors (Lipinski definition) is 1. The molecule has 2 saturated heterocycles. The molecule has 3 heterocycles. The summed E-state index contributed by atoms with van der Waals surface area (Å²) in [6.07, 6.45) is 5.67. The molecular weight excluding hydrogens is 206 g/mol. The first-order valence-corrected chi connectivity index (χ1v) is 6.69. The van der Waals surface area contributed by atoms with Crippen molar-refractivity contribution < 1.29 is 4.74 Å². The summed E-state index contributed by atoms with van der Waals surface area (Å²) in [6.45, 7) is 0. The summed E-state index contributed by atoms with van der Waals surface area (Å²) in [4.78, 5) is 0. The first-order valence-electron chi connectivity index (χ1n) is 5.75. The Hall–Kier alpha value is -0.380. The van der Waals surface area contributed by atoms with Crippen LogP contribution in [0.2, 0.25) is 0 Å². The normalized spacial score (nSPS) is 35.9. The molecule has 1 aromatic heterocycles. The van der Waals surface area contributed by atoms with Crippen LogP contribution in [-0.4, -0.2) is 18.2 Å². The van der Waals surface area contributed by atoms with E-state index in [2.05, 4.69) is 16.8 Å². The minimum atomic E-state index is 0.287. The summed E-state index contributed by atoms with van der Waals surface area (Å²) in [5.41, 5.74) is 7.67. The van der Waals surface area contributed by atoms with E-state index in [4.69, 9.17) is 10.5 Å². The van der Waals surface area contributed by atoms with Gasteiger partial charge in [0.1, 0.15) is 0 Å². The second-order valence-corrected chi connectivity index (χ2v) is 5.55. The largest absolute Gasteiger partial charge is 0.375 e. The molecule has 2 aliphatic rings. The van der Waals surface area contributed by atoms with Gasteiger partial charge >= 0.3 is 0 Å². The Labute approximate surface area is 94.4 Å². The summed E-state index contributed by atoms with van der Waals surface area (Å²) < 4.78 is 5.85. The Kier molecular flexibility index (Phi) is 2.54. The van der Waals surface area contributed by atoms with Crippen molar-refractivity contribution in [2.75, 3.05) is 0 Å². The lowest BCUT2D eigenvalue weighted by Crippen LogP contribution is -2.37. The predicted octanol–water partition coefficient (Wildman–Crippen LogP) is 2.19. The summed E-state index contributed by atoms with van der Waals surface area (Å²) in [5.74, 6) is 0.601.